The summed E-state index contributed by atoms with van der Waals surface area (Å²) in [6.07, 6.45) is 3.94. The molecule has 0 saturated carbocycles. The molecule has 1 saturated heterocycles. The minimum atomic E-state index is -0.206. The molecule has 6 aromatic heterocycles. The summed E-state index contributed by atoms with van der Waals surface area (Å²) in [4.78, 5) is 92.6. The number of ketones is 6. The van der Waals surface area contributed by atoms with Crippen molar-refractivity contribution in [3.05, 3.63) is 332 Å². The van der Waals surface area contributed by atoms with Crippen LogP contribution in [0, 0.1) is 0 Å². The van der Waals surface area contributed by atoms with E-state index in [0.29, 0.717) is 56.4 Å². The van der Waals surface area contributed by atoms with E-state index in [9.17, 15) is 33.6 Å². The maximum Gasteiger partial charge on any atom is 0.221 e. The van der Waals surface area contributed by atoms with Gasteiger partial charge >= 0.3 is 0 Å². The Hall–Kier alpha value is -16.2. The highest BCUT2D eigenvalue weighted by Gasteiger charge is 2.37. The van der Waals surface area contributed by atoms with Crippen LogP contribution in [0.4, 0.5) is 17.1 Å². The highest BCUT2D eigenvalue weighted by atomic mass is 35.5. The van der Waals surface area contributed by atoms with Crippen LogP contribution < -0.4 is 20.3 Å². The van der Waals surface area contributed by atoms with E-state index in [1.54, 1.807) is 18.2 Å². The zero-order chi connectivity index (χ0) is 86.4. The molecule has 6 aliphatic carbocycles. The smallest absolute Gasteiger partial charge is 0.221 e. The zero-order valence-corrected chi connectivity index (χ0v) is 69.4. The number of hydrogen-bond acceptors (Lipinski definition) is 17. The van der Waals surface area contributed by atoms with Gasteiger partial charge in [0.1, 0.15) is 46.5 Å². The van der Waals surface area contributed by atoms with E-state index in [0.717, 1.165) is 196 Å². The fourth-order valence-electron chi connectivity index (χ4n) is 18.5. The SMILES string of the molecule is C.CC(=O)Nc1ccc2[nH]nc3c2c1C(=O)c1ccccc1-3.CN(C)c1ccc2[nH]nc3c2c1C(=O)c1ccccc1-3.O=C1c2c(Cl)cccc2-c2n[nH]c3cccc1c23.O=C1c2c(OCc3ccccc3)cccc2-c2n[nH]c3cccc1c23.O=C1c2ccccc2-c2n[nH]c3ccc(NCCN4CCCCC4)c1c23.O=C1c2ccccc2-c2n[nH]c3cccc1c23. The fraction of sp³-hybridized carbons (Fsp3) is 0.117. The van der Waals surface area contributed by atoms with Crippen LogP contribution in [0.1, 0.15) is 135 Å². The Morgan fingerprint density at radius 1 is 0.359 bits per heavy atom. The first-order valence-electron chi connectivity index (χ1n) is 41.7. The van der Waals surface area contributed by atoms with Crippen molar-refractivity contribution >= 4 is 135 Å². The zero-order valence-electron chi connectivity index (χ0n) is 68.6. The van der Waals surface area contributed by atoms with Gasteiger partial charge in [-0.2, -0.15) is 30.6 Å². The lowest BCUT2D eigenvalue weighted by Gasteiger charge is -2.27. The number of rotatable bonds is 9. The molecule has 0 atom stereocenters. The van der Waals surface area contributed by atoms with E-state index in [-0.39, 0.29) is 48.0 Å². The predicted molar refractivity (Wildman–Crippen MR) is 500 cm³/mol. The molecule has 0 bridgehead atoms. The summed E-state index contributed by atoms with van der Waals surface area (Å²) in [5.74, 6) is 0.492. The lowest BCUT2D eigenvalue weighted by atomic mass is 9.86. The Labute approximate surface area is 736 Å². The van der Waals surface area contributed by atoms with E-state index in [2.05, 4.69) is 76.7 Å². The van der Waals surface area contributed by atoms with Gasteiger partial charge in [0.05, 0.1) is 71.6 Å². The fourth-order valence-corrected chi connectivity index (χ4v) is 18.7. The number of hydrogen-bond donors (Lipinski definition) is 8. The van der Waals surface area contributed by atoms with Crippen molar-refractivity contribution in [2.45, 2.75) is 40.2 Å². The normalized spacial score (nSPS) is 13.3. The molecule has 626 valence electrons. The van der Waals surface area contributed by atoms with Crippen molar-refractivity contribution in [2.75, 3.05) is 55.8 Å². The number of likely N-dealkylation sites (tertiary alicyclic amines) is 1. The number of nitrogens with one attached hydrogen (secondary N) is 8. The number of aromatic amines is 6. The first kappa shape index (κ1) is 80.2. The van der Waals surface area contributed by atoms with Crippen LogP contribution in [0.25, 0.3) is 133 Å². The van der Waals surface area contributed by atoms with Crippen molar-refractivity contribution < 1.29 is 38.3 Å². The standard InChI is InChI=1S/C21H22N4O.C21H14N2O2.C16H11N3O2.C16H13N3O.C14H7ClN2O.C14H8N2O.CH4/c26-21-15-7-3-2-6-14(15)20-18-17(23-24-20)9-8-16(19(18)21)22-10-13-25-11-4-1-5-12-25;24-21-15-9-4-10-16-18(15)20(23-22-16)14-8-5-11-17(19(14)21)25-12-13-6-2-1-3-7-13;1-8(20)17-11-6-7-12-13-14(11)16(21)10-5-3-2-4-9(10)15(13)19-18-12;1-19(2)12-8-7-11-13-14(12)16(20)10-6-4-3-5-9(10)15(13)18-17-11;15-9-5-1-3-7-11(9)14(18)8-4-2-6-10-12(8)13(7)17-16-10;17-14-9-5-2-1-4-8(9)13-12-10(14)6-3-7-11(12)15-16-13;/h2-3,6-9,22H,1,4-5,10-13H2,(H,23,24);1-11H,12H2,(H,22,23);2-7H,1H3,(H,17,20)(H,18,19);3-8H,1-2H3,(H,17,18);1-6H,(H,16,17);1-7H,(H,15,16);1H4. The summed E-state index contributed by atoms with van der Waals surface area (Å²) in [7, 11) is 3.90. The second kappa shape index (κ2) is 32.8. The third-order valence-electron chi connectivity index (χ3n) is 24.3. The van der Waals surface area contributed by atoms with Gasteiger partial charge in [0.2, 0.25) is 5.91 Å². The minimum absolute atomic E-state index is 0. The highest BCUT2D eigenvalue weighted by molar-refractivity contribution is 6.38. The van der Waals surface area contributed by atoms with E-state index >= 15 is 0 Å². The number of anilines is 3. The highest BCUT2D eigenvalue weighted by Crippen LogP contribution is 2.48. The second-order valence-electron chi connectivity index (χ2n) is 32.0. The summed E-state index contributed by atoms with van der Waals surface area (Å²) in [6.45, 7) is 6.08. The summed E-state index contributed by atoms with van der Waals surface area (Å²) < 4.78 is 5.99. The molecule has 13 aromatic carbocycles. The molecule has 7 aliphatic rings. The average molecular weight is 1700 g/mol. The summed E-state index contributed by atoms with van der Waals surface area (Å²) in [5.41, 5.74) is 26.9. The molecule has 26 rings (SSSR count). The van der Waals surface area contributed by atoms with E-state index in [4.69, 9.17) is 16.3 Å². The molecule has 8 N–H and O–H groups in total. The van der Waals surface area contributed by atoms with Crippen molar-refractivity contribution in [1.82, 2.24) is 66.1 Å². The number of amides is 1. The number of halogens is 1. The van der Waals surface area contributed by atoms with Crippen LogP contribution in [0.5, 0.6) is 5.75 Å². The quantitative estimate of drug-likeness (QED) is 0.0665. The molecule has 19 aromatic rings. The first-order chi connectivity index (χ1) is 62.1. The molecule has 7 heterocycles. The molecule has 24 nitrogen and oxygen atoms in total. The van der Waals surface area contributed by atoms with Crippen LogP contribution in [-0.4, -0.2) is 147 Å². The maximum atomic E-state index is 13.2. The summed E-state index contributed by atoms with van der Waals surface area (Å²) >= 11 is 6.15. The van der Waals surface area contributed by atoms with Crippen LogP contribution in [0.2, 0.25) is 5.02 Å². The Kier molecular flexibility index (Phi) is 20.6. The summed E-state index contributed by atoms with van der Waals surface area (Å²) in [6, 6.07) is 79.8. The van der Waals surface area contributed by atoms with Crippen LogP contribution in [0.3, 0.4) is 0 Å². The Morgan fingerprint density at radius 3 is 1.20 bits per heavy atom. The van der Waals surface area contributed by atoms with E-state index in [1.807, 2.05) is 256 Å². The lowest BCUT2D eigenvalue weighted by Crippen LogP contribution is -2.33. The maximum absolute atomic E-state index is 13.2. The number of carbonyl (C=O) groups excluding carboxylic acids is 7. The third kappa shape index (κ3) is 13.5. The van der Waals surface area contributed by atoms with Gasteiger partial charge in [0.25, 0.3) is 0 Å². The largest absolute Gasteiger partial charge is 0.488 e. The topological polar surface area (TPSA) is 331 Å². The minimum Gasteiger partial charge on any atom is -0.488 e. The van der Waals surface area contributed by atoms with Crippen molar-refractivity contribution in [3.63, 3.8) is 0 Å². The number of nitrogens with zero attached hydrogens (tertiary/aromatic N) is 8. The Morgan fingerprint density at radius 2 is 0.711 bits per heavy atom. The van der Waals surface area contributed by atoms with Crippen molar-refractivity contribution in [1.29, 1.82) is 0 Å². The number of carbonyl (C=O) groups is 7. The van der Waals surface area contributed by atoms with Crippen LogP contribution in [-0.2, 0) is 11.4 Å². The average Bonchev–Trinajstić information content (AvgIpc) is 1.58. The number of ether oxygens (including phenoxy) is 1. The molecule has 1 amide bonds. The first-order valence-corrected chi connectivity index (χ1v) is 42.1. The summed E-state index contributed by atoms with van der Waals surface area (Å²) in [5, 5.41) is 56.4. The predicted octanol–water partition coefficient (Wildman–Crippen LogP) is 20.4. The third-order valence-corrected chi connectivity index (χ3v) is 24.6. The molecule has 25 heteroatoms. The number of aromatic nitrogens is 12. The molecule has 0 radical (unpaired) electrons. The lowest BCUT2D eigenvalue weighted by molar-refractivity contribution is -0.114. The number of H-pyrrole nitrogens is 6. The van der Waals surface area contributed by atoms with Gasteiger partial charge in [0, 0.05) is 150 Å². The van der Waals surface area contributed by atoms with Gasteiger partial charge in [0.15, 0.2) is 34.7 Å². The van der Waals surface area contributed by atoms with Crippen molar-refractivity contribution in [3.8, 4) is 73.3 Å². The molecule has 128 heavy (non-hydrogen) atoms. The molecule has 0 spiro atoms. The molecule has 1 fully saturated rings. The number of fused-ring (bicyclic) bond motifs is 12. The van der Waals surface area contributed by atoms with Gasteiger partial charge in [-0.15, -0.1) is 0 Å². The van der Waals surface area contributed by atoms with Gasteiger partial charge in [-0.3, -0.25) is 64.2 Å². The van der Waals surface area contributed by atoms with Crippen LogP contribution >= 0.6 is 11.6 Å². The Bertz CT molecular complexity index is 7840. The molecular formula is C103H79ClN16O8. The van der Waals surface area contributed by atoms with Gasteiger partial charge in [-0.25, -0.2) is 0 Å². The van der Waals surface area contributed by atoms with Gasteiger partial charge < -0.3 is 25.2 Å². The number of piperidine rings is 1. The van der Waals surface area contributed by atoms with E-state index in [1.165, 1.54) is 39.3 Å². The molecule has 0 unspecified atom stereocenters. The molecule has 1 aliphatic heterocycles. The van der Waals surface area contributed by atoms with Gasteiger partial charge in [-0.1, -0.05) is 214 Å². The van der Waals surface area contributed by atoms with Gasteiger partial charge in [-0.05, 0) is 98.2 Å². The monoisotopic (exact) mass is 1700 g/mol. The van der Waals surface area contributed by atoms with Crippen LogP contribution in [0.15, 0.2) is 255 Å². The van der Waals surface area contributed by atoms with Crippen molar-refractivity contribution in [2.24, 2.45) is 0 Å². The Balaban J connectivity index is 0.0000000969. The number of benzene rings is 13. The second-order valence-corrected chi connectivity index (χ2v) is 32.4. The molecular weight excluding hydrogens is 1620 g/mol. The van der Waals surface area contributed by atoms with E-state index < -0.39 is 0 Å².